The lowest BCUT2D eigenvalue weighted by atomic mass is 9.96. The van der Waals surface area contributed by atoms with Crippen LogP contribution in [0.5, 0.6) is 0 Å². The fraction of sp³-hybridized carbons (Fsp3) is 0.0357. The van der Waals surface area contributed by atoms with Gasteiger partial charge in [0.25, 0.3) is 0 Å². The maximum Gasteiger partial charge on any atom is 0.301 e. The van der Waals surface area contributed by atoms with Crippen LogP contribution in [0.25, 0.3) is 33.2 Å². The summed E-state index contributed by atoms with van der Waals surface area (Å²) in [5.41, 5.74) is 4.50. The van der Waals surface area contributed by atoms with Gasteiger partial charge in [-0.05, 0) is 47.2 Å². The van der Waals surface area contributed by atoms with Gasteiger partial charge < -0.3 is 0 Å². The fourth-order valence-electron chi connectivity index (χ4n) is 3.94. The summed E-state index contributed by atoms with van der Waals surface area (Å²) in [4.78, 5) is 20.2. The monoisotopic (exact) mass is 474 g/mol. The van der Waals surface area contributed by atoms with Gasteiger partial charge >= 0.3 is 5.69 Å². The summed E-state index contributed by atoms with van der Waals surface area (Å²) in [7, 11) is 0. The summed E-state index contributed by atoms with van der Waals surface area (Å²) in [5, 5.41) is 24.4. The van der Waals surface area contributed by atoms with E-state index in [9.17, 15) is 15.4 Å². The molecule has 168 valence electrons. The second kappa shape index (κ2) is 9.37. The molecule has 0 amide bonds. The molecular weight excluding hydrogens is 456 g/mol. The highest BCUT2D eigenvalue weighted by Gasteiger charge is 2.22. The van der Waals surface area contributed by atoms with E-state index in [2.05, 4.69) is 11.1 Å². The Morgan fingerprint density at radius 2 is 1.69 bits per heavy atom. The van der Waals surface area contributed by atoms with Crippen LogP contribution >= 0.6 is 11.8 Å². The molecule has 7 heteroatoms. The number of hydrogen-bond donors (Lipinski definition) is 0. The highest BCUT2D eigenvalue weighted by molar-refractivity contribution is 7.99. The summed E-state index contributed by atoms with van der Waals surface area (Å²) in [6.07, 6.45) is 1.50. The highest BCUT2D eigenvalue weighted by Crippen LogP contribution is 2.40. The van der Waals surface area contributed by atoms with Crippen molar-refractivity contribution >= 4 is 28.2 Å². The van der Waals surface area contributed by atoms with E-state index in [4.69, 9.17) is 4.98 Å². The lowest BCUT2D eigenvalue weighted by Gasteiger charge is -2.14. The molecule has 0 radical (unpaired) electrons. The third kappa shape index (κ3) is 4.35. The van der Waals surface area contributed by atoms with Crippen molar-refractivity contribution < 1.29 is 4.92 Å². The summed E-state index contributed by atoms with van der Waals surface area (Å²) >= 11 is 1.03. The quantitative estimate of drug-likeness (QED) is 0.197. The summed E-state index contributed by atoms with van der Waals surface area (Å²) in [6, 6.07) is 29.1. The van der Waals surface area contributed by atoms with E-state index in [1.54, 1.807) is 0 Å². The molecule has 0 bridgehead atoms. The van der Waals surface area contributed by atoms with Crippen LogP contribution in [-0.2, 0) is 0 Å². The van der Waals surface area contributed by atoms with Crippen LogP contribution in [0.4, 0.5) is 5.69 Å². The first-order chi connectivity index (χ1) is 17.0. The molecule has 3 aromatic carbocycles. The Balaban J connectivity index is 1.78. The minimum Gasteiger partial charge on any atom is -0.258 e. The summed E-state index contributed by atoms with van der Waals surface area (Å²) in [5.74, 6) is 0. The molecule has 0 atom stereocenters. The first kappa shape index (κ1) is 22.3. The van der Waals surface area contributed by atoms with Gasteiger partial charge in [-0.15, -0.1) is 0 Å². The van der Waals surface area contributed by atoms with Crippen LogP contribution in [0.1, 0.15) is 11.1 Å². The number of hydrogen-bond acceptors (Lipinski definition) is 6. The number of benzene rings is 3. The van der Waals surface area contributed by atoms with Crippen molar-refractivity contribution in [1.82, 2.24) is 9.97 Å². The Morgan fingerprint density at radius 3 is 2.46 bits per heavy atom. The highest BCUT2D eigenvalue weighted by atomic mass is 32.2. The van der Waals surface area contributed by atoms with Gasteiger partial charge in [0.2, 0.25) is 0 Å². The molecule has 5 rings (SSSR count). The Kier molecular flexibility index (Phi) is 5.96. The number of aryl methyl sites for hydroxylation is 1. The second-order valence-electron chi connectivity index (χ2n) is 7.93. The van der Waals surface area contributed by atoms with Gasteiger partial charge in [0, 0.05) is 23.4 Å². The molecule has 0 spiro atoms. The maximum atomic E-state index is 11.6. The molecule has 0 saturated heterocycles. The lowest BCUT2D eigenvalue weighted by molar-refractivity contribution is -0.388. The van der Waals surface area contributed by atoms with Crippen molar-refractivity contribution in [3.63, 3.8) is 0 Å². The molecule has 0 N–H and O–H groups in total. The van der Waals surface area contributed by atoms with E-state index < -0.39 is 4.92 Å². The maximum absolute atomic E-state index is 11.6. The fourth-order valence-corrected chi connectivity index (χ4v) is 4.89. The third-order valence-electron chi connectivity index (χ3n) is 5.67. The third-order valence-corrected chi connectivity index (χ3v) is 6.66. The molecule has 0 unspecified atom stereocenters. The van der Waals surface area contributed by atoms with Gasteiger partial charge in [0.15, 0.2) is 5.03 Å². The Hall–Kier alpha value is -4.54. The Morgan fingerprint density at radius 1 is 0.914 bits per heavy atom. The SMILES string of the molecule is Cc1ccc(-c2cc(-c3cccc4ccccc34)nc(Sc3ncccc3[N+](=O)[O-])c2C#N)cc1. The zero-order valence-electron chi connectivity index (χ0n) is 18.7. The molecule has 0 aliphatic carbocycles. The van der Waals surface area contributed by atoms with Gasteiger partial charge in [0.05, 0.1) is 16.2 Å². The number of rotatable bonds is 5. The van der Waals surface area contributed by atoms with Crippen molar-refractivity contribution in [3.05, 3.63) is 112 Å². The van der Waals surface area contributed by atoms with E-state index in [1.165, 1.54) is 18.3 Å². The van der Waals surface area contributed by atoms with Crippen molar-refractivity contribution in [2.24, 2.45) is 0 Å². The van der Waals surface area contributed by atoms with E-state index in [0.717, 1.165) is 39.2 Å². The molecule has 5 aromatic rings. The predicted molar refractivity (Wildman–Crippen MR) is 137 cm³/mol. The number of pyridine rings is 2. The Labute approximate surface area is 206 Å². The molecule has 0 aliphatic rings. The van der Waals surface area contributed by atoms with Gasteiger partial charge in [-0.2, -0.15) is 5.26 Å². The van der Waals surface area contributed by atoms with Crippen molar-refractivity contribution in [2.45, 2.75) is 17.0 Å². The number of fused-ring (bicyclic) bond motifs is 1. The predicted octanol–water partition coefficient (Wildman–Crippen LogP) is 7.20. The number of nitrogens with zero attached hydrogens (tertiary/aromatic N) is 4. The van der Waals surface area contributed by atoms with Gasteiger partial charge in [-0.1, -0.05) is 72.3 Å². The lowest BCUT2D eigenvalue weighted by Crippen LogP contribution is -1.98. The zero-order valence-corrected chi connectivity index (χ0v) is 19.5. The average molecular weight is 475 g/mol. The van der Waals surface area contributed by atoms with Crippen LogP contribution < -0.4 is 0 Å². The van der Waals surface area contributed by atoms with Crippen molar-refractivity contribution in [2.75, 3.05) is 0 Å². The van der Waals surface area contributed by atoms with Crippen molar-refractivity contribution in [3.8, 4) is 28.5 Å². The summed E-state index contributed by atoms with van der Waals surface area (Å²) in [6.45, 7) is 2.00. The van der Waals surface area contributed by atoms with Gasteiger partial charge in [-0.3, -0.25) is 10.1 Å². The van der Waals surface area contributed by atoms with Gasteiger partial charge in [0.1, 0.15) is 11.1 Å². The molecule has 6 nitrogen and oxygen atoms in total. The van der Waals surface area contributed by atoms with Gasteiger partial charge in [-0.25, -0.2) is 9.97 Å². The van der Waals surface area contributed by atoms with Crippen LogP contribution in [0.3, 0.4) is 0 Å². The average Bonchev–Trinajstić information content (AvgIpc) is 2.88. The summed E-state index contributed by atoms with van der Waals surface area (Å²) < 4.78 is 0. The number of nitro groups is 1. The first-order valence-corrected chi connectivity index (χ1v) is 11.6. The minimum absolute atomic E-state index is 0.129. The van der Waals surface area contributed by atoms with E-state index in [1.807, 2.05) is 79.7 Å². The van der Waals surface area contributed by atoms with Crippen LogP contribution in [0.15, 0.2) is 101 Å². The van der Waals surface area contributed by atoms with E-state index >= 15 is 0 Å². The number of aromatic nitrogens is 2. The topological polar surface area (TPSA) is 92.7 Å². The van der Waals surface area contributed by atoms with E-state index in [0.29, 0.717) is 21.8 Å². The zero-order chi connectivity index (χ0) is 24.4. The molecule has 2 aromatic heterocycles. The molecule has 2 heterocycles. The van der Waals surface area contributed by atoms with Crippen LogP contribution in [0.2, 0.25) is 0 Å². The van der Waals surface area contributed by atoms with Crippen LogP contribution in [0, 0.1) is 28.4 Å². The Bertz CT molecular complexity index is 1620. The molecule has 0 saturated carbocycles. The standard InChI is InChI=1S/C28H18N4O2S/c1-18-11-13-20(14-12-18)23-16-25(22-9-4-7-19-6-2-3-8-21(19)22)31-27(24(23)17-29)35-28-26(32(33)34)10-5-15-30-28/h2-16H,1H3. The molecule has 35 heavy (non-hydrogen) atoms. The smallest absolute Gasteiger partial charge is 0.258 e. The second-order valence-corrected chi connectivity index (χ2v) is 8.90. The largest absolute Gasteiger partial charge is 0.301 e. The number of nitriles is 1. The van der Waals surface area contributed by atoms with Crippen LogP contribution in [-0.4, -0.2) is 14.9 Å². The molecular formula is C28H18N4O2S. The molecule has 0 aliphatic heterocycles. The normalized spacial score (nSPS) is 10.7. The van der Waals surface area contributed by atoms with Crippen molar-refractivity contribution in [1.29, 1.82) is 5.26 Å². The van der Waals surface area contributed by atoms with E-state index in [-0.39, 0.29) is 10.7 Å². The first-order valence-electron chi connectivity index (χ1n) is 10.8. The molecule has 0 fully saturated rings. The minimum atomic E-state index is -0.475.